The largest absolute Gasteiger partial charge is 0.505 e. The van der Waals surface area contributed by atoms with Crippen molar-refractivity contribution in [3.05, 3.63) is 82.4 Å². The summed E-state index contributed by atoms with van der Waals surface area (Å²) in [5, 5.41) is 19.2. The van der Waals surface area contributed by atoms with Gasteiger partial charge < -0.3 is 14.9 Å². The molecule has 39 heavy (non-hydrogen) atoms. The minimum absolute atomic E-state index is 0.0112. The standard InChI is InChI=1S/C29H26F6O4/c1-2-3-20(36)19-11-13-22(28(35)26(19)33)39-29(38)15-6-4-14(5-7-15)16-8-9-17(24(31)23(16)30)18-10-12-21(37)27(34)25(18)32/h8-15,20,36-37H,2-7H2,1H3. The van der Waals surface area contributed by atoms with Crippen molar-refractivity contribution in [1.82, 2.24) is 0 Å². The Bertz CT molecular complexity index is 1380. The van der Waals surface area contributed by atoms with E-state index in [0.29, 0.717) is 6.42 Å². The van der Waals surface area contributed by atoms with Crippen molar-refractivity contribution in [1.29, 1.82) is 0 Å². The van der Waals surface area contributed by atoms with Crippen molar-refractivity contribution in [2.24, 2.45) is 5.92 Å². The molecule has 0 bridgehead atoms. The smallest absolute Gasteiger partial charge is 0.314 e. The van der Waals surface area contributed by atoms with Crippen LogP contribution in [0, 0.1) is 40.8 Å². The first-order valence-corrected chi connectivity index (χ1v) is 12.6. The van der Waals surface area contributed by atoms with E-state index < -0.39 is 81.4 Å². The Morgan fingerprint density at radius 3 is 2.08 bits per heavy atom. The quantitative estimate of drug-likeness (QED) is 0.180. The number of rotatable bonds is 7. The molecule has 0 saturated heterocycles. The second-order valence-electron chi connectivity index (χ2n) is 9.65. The summed E-state index contributed by atoms with van der Waals surface area (Å²) >= 11 is 0. The molecule has 1 unspecified atom stereocenters. The van der Waals surface area contributed by atoms with Crippen LogP contribution in [0.3, 0.4) is 0 Å². The Morgan fingerprint density at radius 1 is 0.821 bits per heavy atom. The van der Waals surface area contributed by atoms with Gasteiger partial charge in [0.05, 0.1) is 12.0 Å². The summed E-state index contributed by atoms with van der Waals surface area (Å²) in [4.78, 5) is 12.6. The van der Waals surface area contributed by atoms with Gasteiger partial charge in [0.2, 0.25) is 11.6 Å². The minimum atomic E-state index is -1.57. The van der Waals surface area contributed by atoms with Crippen molar-refractivity contribution in [3.63, 3.8) is 0 Å². The highest BCUT2D eigenvalue weighted by Crippen LogP contribution is 2.40. The lowest BCUT2D eigenvalue weighted by molar-refractivity contribution is -0.140. The van der Waals surface area contributed by atoms with Crippen molar-refractivity contribution in [2.45, 2.75) is 57.5 Å². The fourth-order valence-corrected chi connectivity index (χ4v) is 4.98. The van der Waals surface area contributed by atoms with Gasteiger partial charge in [-0.05, 0) is 67.9 Å². The van der Waals surface area contributed by atoms with E-state index in [2.05, 4.69) is 0 Å². The summed E-state index contributed by atoms with van der Waals surface area (Å²) in [5.74, 6) is -11.9. The monoisotopic (exact) mass is 552 g/mol. The first-order valence-electron chi connectivity index (χ1n) is 12.6. The summed E-state index contributed by atoms with van der Waals surface area (Å²) in [6.45, 7) is 1.78. The third-order valence-corrected chi connectivity index (χ3v) is 7.17. The van der Waals surface area contributed by atoms with Gasteiger partial charge in [-0.3, -0.25) is 4.79 Å². The van der Waals surface area contributed by atoms with Crippen LogP contribution in [0.2, 0.25) is 0 Å². The molecule has 3 aromatic carbocycles. The van der Waals surface area contributed by atoms with Gasteiger partial charge in [0.25, 0.3) is 0 Å². The van der Waals surface area contributed by atoms with Crippen LogP contribution in [0.5, 0.6) is 11.5 Å². The Kier molecular flexibility index (Phi) is 8.54. The highest BCUT2D eigenvalue weighted by molar-refractivity contribution is 5.75. The maximum Gasteiger partial charge on any atom is 0.314 e. The molecule has 4 nitrogen and oxygen atoms in total. The van der Waals surface area contributed by atoms with E-state index in [1.807, 2.05) is 0 Å². The van der Waals surface area contributed by atoms with E-state index in [-0.39, 0.29) is 43.2 Å². The summed E-state index contributed by atoms with van der Waals surface area (Å²) in [5.41, 5.74) is -1.27. The molecule has 0 amide bonds. The first-order chi connectivity index (χ1) is 18.5. The second-order valence-corrected chi connectivity index (χ2v) is 9.65. The van der Waals surface area contributed by atoms with Crippen LogP contribution in [0.4, 0.5) is 26.3 Å². The predicted octanol–water partition coefficient (Wildman–Crippen LogP) is 7.61. The highest BCUT2D eigenvalue weighted by atomic mass is 19.2. The number of aliphatic hydroxyl groups excluding tert-OH is 1. The van der Waals surface area contributed by atoms with Gasteiger partial charge in [-0.15, -0.1) is 0 Å². The van der Waals surface area contributed by atoms with E-state index in [0.717, 1.165) is 30.3 Å². The lowest BCUT2D eigenvalue weighted by atomic mass is 9.78. The summed E-state index contributed by atoms with van der Waals surface area (Å²) in [7, 11) is 0. The molecular formula is C29H26F6O4. The Morgan fingerprint density at radius 2 is 1.44 bits per heavy atom. The maximum absolute atomic E-state index is 15.0. The molecule has 0 heterocycles. The minimum Gasteiger partial charge on any atom is -0.505 e. The normalized spacial score (nSPS) is 18.2. The van der Waals surface area contributed by atoms with Gasteiger partial charge in [-0.25, -0.2) is 17.6 Å². The molecule has 0 aliphatic heterocycles. The second kappa shape index (κ2) is 11.7. The van der Waals surface area contributed by atoms with Gasteiger partial charge in [-0.1, -0.05) is 25.5 Å². The summed E-state index contributed by atoms with van der Waals surface area (Å²) in [6.07, 6.45) is 0.540. The molecule has 3 aromatic rings. The number of esters is 1. The zero-order chi connectivity index (χ0) is 28.4. The molecule has 208 valence electrons. The maximum atomic E-state index is 15.0. The van der Waals surface area contributed by atoms with Crippen molar-refractivity contribution in [2.75, 3.05) is 0 Å². The number of aliphatic hydroxyl groups is 1. The van der Waals surface area contributed by atoms with Crippen LogP contribution in [-0.4, -0.2) is 16.2 Å². The number of ether oxygens (including phenoxy) is 1. The molecule has 0 aromatic heterocycles. The number of carbonyl (C=O) groups is 1. The number of aromatic hydroxyl groups is 1. The molecule has 1 atom stereocenters. The first kappa shape index (κ1) is 28.5. The predicted molar refractivity (Wildman–Crippen MR) is 130 cm³/mol. The van der Waals surface area contributed by atoms with Crippen LogP contribution >= 0.6 is 0 Å². The molecule has 0 spiro atoms. The van der Waals surface area contributed by atoms with Gasteiger partial charge >= 0.3 is 5.97 Å². The summed E-state index contributed by atoms with van der Waals surface area (Å²) in [6, 6.07) is 6.42. The highest BCUT2D eigenvalue weighted by Gasteiger charge is 2.32. The van der Waals surface area contributed by atoms with E-state index >= 15 is 0 Å². The number of hydrogen-bond acceptors (Lipinski definition) is 4. The van der Waals surface area contributed by atoms with E-state index in [1.165, 1.54) is 6.07 Å². The topological polar surface area (TPSA) is 66.8 Å². The van der Waals surface area contributed by atoms with Gasteiger partial charge in [0, 0.05) is 16.7 Å². The van der Waals surface area contributed by atoms with Crippen LogP contribution in [0.1, 0.15) is 68.6 Å². The number of phenolic OH excluding ortho intramolecular Hbond substituents is 1. The molecule has 1 fully saturated rings. The zero-order valence-electron chi connectivity index (χ0n) is 20.9. The molecule has 2 N–H and O–H groups in total. The number of carbonyl (C=O) groups excluding carboxylic acids is 1. The molecule has 1 aliphatic rings. The lowest BCUT2D eigenvalue weighted by Gasteiger charge is -2.28. The molecule has 0 radical (unpaired) electrons. The van der Waals surface area contributed by atoms with Gasteiger partial charge in [0.1, 0.15) is 0 Å². The van der Waals surface area contributed by atoms with Gasteiger partial charge in [0.15, 0.2) is 34.8 Å². The fourth-order valence-electron chi connectivity index (χ4n) is 4.98. The lowest BCUT2D eigenvalue weighted by Crippen LogP contribution is -2.26. The molecular weight excluding hydrogens is 526 g/mol. The molecule has 1 saturated carbocycles. The average Bonchev–Trinajstić information content (AvgIpc) is 2.92. The Labute approximate surface area is 220 Å². The number of benzene rings is 3. The van der Waals surface area contributed by atoms with Crippen LogP contribution in [0.25, 0.3) is 11.1 Å². The fraction of sp³-hybridized carbons (Fsp3) is 0.345. The van der Waals surface area contributed by atoms with E-state index in [9.17, 15) is 41.4 Å². The van der Waals surface area contributed by atoms with Crippen molar-refractivity contribution in [3.8, 4) is 22.6 Å². The average molecular weight is 553 g/mol. The Hall–Kier alpha value is -3.53. The SMILES string of the molecule is CCCC(O)c1ccc(OC(=O)C2CCC(c3ccc(-c4ccc(O)c(F)c4F)c(F)c3F)CC2)c(F)c1F. The van der Waals surface area contributed by atoms with Crippen LogP contribution < -0.4 is 4.74 Å². The third kappa shape index (κ3) is 5.61. The Balaban J connectivity index is 1.44. The van der Waals surface area contributed by atoms with E-state index in [1.54, 1.807) is 6.92 Å². The van der Waals surface area contributed by atoms with Crippen LogP contribution in [-0.2, 0) is 4.79 Å². The number of phenols is 1. The number of halogens is 6. The summed E-state index contributed by atoms with van der Waals surface area (Å²) < 4.78 is 91.7. The molecule has 1 aliphatic carbocycles. The zero-order valence-corrected chi connectivity index (χ0v) is 20.9. The molecule has 4 rings (SSSR count). The van der Waals surface area contributed by atoms with Crippen molar-refractivity contribution >= 4 is 5.97 Å². The van der Waals surface area contributed by atoms with Gasteiger partial charge in [-0.2, -0.15) is 8.78 Å². The third-order valence-electron chi connectivity index (χ3n) is 7.17. The van der Waals surface area contributed by atoms with E-state index in [4.69, 9.17) is 4.74 Å². The number of hydrogen-bond donors (Lipinski definition) is 2. The molecule has 10 heteroatoms. The van der Waals surface area contributed by atoms with Crippen LogP contribution in [0.15, 0.2) is 36.4 Å². The van der Waals surface area contributed by atoms with Crippen molar-refractivity contribution < 1.29 is 46.1 Å².